The number of aldehydes is 1. The predicted octanol–water partition coefficient (Wildman–Crippen LogP) is 0.625. The van der Waals surface area contributed by atoms with Crippen molar-refractivity contribution in [3.63, 3.8) is 0 Å². The van der Waals surface area contributed by atoms with E-state index in [2.05, 4.69) is 0 Å². The van der Waals surface area contributed by atoms with E-state index in [4.69, 9.17) is 9.47 Å². The second kappa shape index (κ2) is 3.83. The van der Waals surface area contributed by atoms with Crippen LogP contribution in [0.3, 0.4) is 0 Å². The Morgan fingerprint density at radius 1 is 1.27 bits per heavy atom. The van der Waals surface area contributed by atoms with Crippen LogP contribution in [0.4, 0.5) is 0 Å². The van der Waals surface area contributed by atoms with E-state index >= 15 is 0 Å². The molecule has 0 aromatic heterocycles. The van der Waals surface area contributed by atoms with Crippen LogP contribution in [0, 0.1) is 5.92 Å². The molecule has 1 rings (SSSR count). The van der Waals surface area contributed by atoms with E-state index in [0.29, 0.717) is 0 Å². The van der Waals surface area contributed by atoms with Crippen molar-refractivity contribution in [3.8, 4) is 0 Å². The second-order valence-electron chi connectivity index (χ2n) is 2.90. The molecule has 0 saturated heterocycles. The second-order valence-corrected chi connectivity index (χ2v) is 2.90. The van der Waals surface area contributed by atoms with Crippen molar-refractivity contribution >= 4 is 6.29 Å². The highest BCUT2D eigenvalue weighted by Gasteiger charge is 2.33. The highest BCUT2D eigenvalue weighted by atomic mass is 16.5. The fourth-order valence-corrected chi connectivity index (χ4v) is 1.59. The lowest BCUT2D eigenvalue weighted by Gasteiger charge is -2.10. The average Bonchev–Trinajstić information content (AvgIpc) is 2.46. The van der Waals surface area contributed by atoms with Gasteiger partial charge in [-0.3, -0.25) is 0 Å². The molecule has 3 heteroatoms. The van der Waals surface area contributed by atoms with Crippen LogP contribution in [-0.2, 0) is 14.3 Å². The van der Waals surface area contributed by atoms with Crippen LogP contribution in [0.15, 0.2) is 0 Å². The van der Waals surface area contributed by atoms with Crippen LogP contribution in [0.25, 0.3) is 0 Å². The van der Waals surface area contributed by atoms with Crippen molar-refractivity contribution in [2.45, 2.75) is 25.0 Å². The standard InChI is InChI=1S/C8H14O3/c1-10-7-3-6(5-9)8(4-7)11-2/h5-8H,3-4H2,1-2H3. The van der Waals surface area contributed by atoms with Gasteiger partial charge in [0.1, 0.15) is 6.29 Å². The number of carbonyl (C=O) groups excluding carboxylic acids is 1. The van der Waals surface area contributed by atoms with Crippen molar-refractivity contribution in [1.29, 1.82) is 0 Å². The van der Waals surface area contributed by atoms with Gasteiger partial charge in [-0.15, -0.1) is 0 Å². The van der Waals surface area contributed by atoms with Gasteiger partial charge in [-0.1, -0.05) is 0 Å². The summed E-state index contributed by atoms with van der Waals surface area (Å²) < 4.78 is 10.3. The van der Waals surface area contributed by atoms with Gasteiger partial charge in [-0.05, 0) is 6.42 Å². The highest BCUT2D eigenvalue weighted by Crippen LogP contribution is 2.28. The van der Waals surface area contributed by atoms with Gasteiger partial charge in [0.05, 0.1) is 12.2 Å². The van der Waals surface area contributed by atoms with E-state index in [-0.39, 0.29) is 18.1 Å². The van der Waals surface area contributed by atoms with Crippen LogP contribution in [0.5, 0.6) is 0 Å². The van der Waals surface area contributed by atoms with Crippen LogP contribution >= 0.6 is 0 Å². The van der Waals surface area contributed by atoms with Gasteiger partial charge in [0, 0.05) is 26.6 Å². The fourth-order valence-electron chi connectivity index (χ4n) is 1.59. The maximum Gasteiger partial charge on any atom is 0.125 e. The number of rotatable bonds is 3. The van der Waals surface area contributed by atoms with E-state index in [0.717, 1.165) is 19.1 Å². The molecule has 0 heterocycles. The van der Waals surface area contributed by atoms with Crippen molar-refractivity contribution in [2.24, 2.45) is 5.92 Å². The van der Waals surface area contributed by atoms with E-state index in [1.807, 2.05) is 0 Å². The molecule has 1 fully saturated rings. The molecule has 0 amide bonds. The lowest BCUT2D eigenvalue weighted by Crippen LogP contribution is -2.16. The first-order chi connectivity index (χ1) is 5.31. The van der Waals surface area contributed by atoms with Crippen molar-refractivity contribution in [2.75, 3.05) is 14.2 Å². The minimum Gasteiger partial charge on any atom is -0.381 e. The summed E-state index contributed by atoms with van der Waals surface area (Å²) in [7, 11) is 3.31. The van der Waals surface area contributed by atoms with E-state index in [1.54, 1.807) is 14.2 Å². The molecular weight excluding hydrogens is 144 g/mol. The molecule has 0 radical (unpaired) electrons. The van der Waals surface area contributed by atoms with Gasteiger partial charge < -0.3 is 14.3 Å². The molecule has 3 unspecified atom stereocenters. The SMILES string of the molecule is COC1CC(C=O)C(OC)C1. The van der Waals surface area contributed by atoms with Crippen LogP contribution in [-0.4, -0.2) is 32.7 Å². The Morgan fingerprint density at radius 3 is 2.36 bits per heavy atom. The largest absolute Gasteiger partial charge is 0.381 e. The summed E-state index contributed by atoms with van der Waals surface area (Å²) in [4.78, 5) is 10.5. The smallest absolute Gasteiger partial charge is 0.125 e. The van der Waals surface area contributed by atoms with Gasteiger partial charge in [0.15, 0.2) is 0 Å². The first kappa shape index (κ1) is 8.68. The molecule has 0 N–H and O–H groups in total. The normalized spacial score (nSPS) is 37.5. The average molecular weight is 158 g/mol. The number of methoxy groups -OCH3 is 2. The number of carbonyl (C=O) groups is 1. The Labute approximate surface area is 66.7 Å². The van der Waals surface area contributed by atoms with Crippen LogP contribution in [0.1, 0.15) is 12.8 Å². The molecule has 1 aliphatic rings. The first-order valence-corrected chi connectivity index (χ1v) is 3.82. The Morgan fingerprint density at radius 2 is 2.00 bits per heavy atom. The lowest BCUT2D eigenvalue weighted by molar-refractivity contribution is -0.114. The molecule has 0 bridgehead atoms. The molecule has 64 valence electrons. The van der Waals surface area contributed by atoms with Crippen molar-refractivity contribution in [3.05, 3.63) is 0 Å². The molecule has 0 aromatic rings. The summed E-state index contributed by atoms with van der Waals surface area (Å²) in [6, 6.07) is 0. The summed E-state index contributed by atoms with van der Waals surface area (Å²) in [5.41, 5.74) is 0. The monoisotopic (exact) mass is 158 g/mol. The molecule has 0 spiro atoms. The van der Waals surface area contributed by atoms with E-state index in [1.165, 1.54) is 0 Å². The van der Waals surface area contributed by atoms with Crippen LogP contribution in [0.2, 0.25) is 0 Å². The third kappa shape index (κ3) is 1.79. The first-order valence-electron chi connectivity index (χ1n) is 3.82. The predicted molar refractivity (Wildman–Crippen MR) is 40.4 cm³/mol. The molecule has 1 aliphatic carbocycles. The fraction of sp³-hybridized carbons (Fsp3) is 0.875. The third-order valence-corrected chi connectivity index (χ3v) is 2.32. The minimum absolute atomic E-state index is 0.0324. The number of hydrogen-bond acceptors (Lipinski definition) is 3. The zero-order valence-corrected chi connectivity index (χ0v) is 6.95. The number of ether oxygens (including phenoxy) is 2. The van der Waals surface area contributed by atoms with Gasteiger partial charge in [0.25, 0.3) is 0 Å². The molecule has 0 aromatic carbocycles. The van der Waals surface area contributed by atoms with Crippen LogP contribution < -0.4 is 0 Å². The Balaban J connectivity index is 2.47. The highest BCUT2D eigenvalue weighted by molar-refractivity contribution is 5.55. The maximum absolute atomic E-state index is 10.5. The van der Waals surface area contributed by atoms with Gasteiger partial charge in [0.2, 0.25) is 0 Å². The minimum atomic E-state index is 0.0324. The topological polar surface area (TPSA) is 35.5 Å². The van der Waals surface area contributed by atoms with E-state index in [9.17, 15) is 4.79 Å². The molecule has 11 heavy (non-hydrogen) atoms. The van der Waals surface area contributed by atoms with Gasteiger partial charge in [-0.25, -0.2) is 0 Å². The Hall–Kier alpha value is -0.410. The molecular formula is C8H14O3. The quantitative estimate of drug-likeness (QED) is 0.565. The molecule has 3 atom stereocenters. The summed E-state index contributed by atoms with van der Waals surface area (Å²) >= 11 is 0. The van der Waals surface area contributed by atoms with Gasteiger partial charge >= 0.3 is 0 Å². The molecule has 3 nitrogen and oxygen atoms in total. The summed E-state index contributed by atoms with van der Waals surface area (Å²) in [5, 5.41) is 0. The van der Waals surface area contributed by atoms with Crippen molar-refractivity contribution < 1.29 is 14.3 Å². The zero-order valence-electron chi connectivity index (χ0n) is 6.95. The lowest BCUT2D eigenvalue weighted by atomic mass is 10.1. The summed E-state index contributed by atoms with van der Waals surface area (Å²) in [5.74, 6) is 0.0324. The van der Waals surface area contributed by atoms with Gasteiger partial charge in [-0.2, -0.15) is 0 Å². The number of hydrogen-bond donors (Lipinski definition) is 0. The summed E-state index contributed by atoms with van der Waals surface area (Å²) in [6.45, 7) is 0. The maximum atomic E-state index is 10.5. The summed E-state index contributed by atoms with van der Waals surface area (Å²) in [6.07, 6.45) is 2.88. The van der Waals surface area contributed by atoms with Crippen molar-refractivity contribution in [1.82, 2.24) is 0 Å². The zero-order chi connectivity index (χ0) is 8.27. The Bertz CT molecular complexity index is 135. The Kier molecular flexibility index (Phi) is 3.02. The molecule has 1 saturated carbocycles. The third-order valence-electron chi connectivity index (χ3n) is 2.32. The van der Waals surface area contributed by atoms with E-state index < -0.39 is 0 Å². The molecule has 0 aliphatic heterocycles.